The average molecular weight is 342 g/mol. The van der Waals surface area contributed by atoms with E-state index in [-0.39, 0.29) is 18.1 Å². The van der Waals surface area contributed by atoms with Gasteiger partial charge in [-0.3, -0.25) is 9.78 Å². The van der Waals surface area contributed by atoms with E-state index in [0.717, 1.165) is 30.7 Å². The molecule has 1 aliphatic heterocycles. The van der Waals surface area contributed by atoms with Crippen LogP contribution in [0.25, 0.3) is 0 Å². The summed E-state index contributed by atoms with van der Waals surface area (Å²) in [6, 6.07) is 3.42. The lowest BCUT2D eigenvalue weighted by atomic mass is 10.1. The average Bonchev–Trinajstić information content (AvgIpc) is 3.38. The van der Waals surface area contributed by atoms with E-state index in [1.54, 1.807) is 11.1 Å². The van der Waals surface area contributed by atoms with Gasteiger partial charge in [-0.25, -0.2) is 0 Å². The van der Waals surface area contributed by atoms with Gasteiger partial charge in [-0.2, -0.15) is 4.98 Å². The number of ether oxygens (including phenoxy) is 1. The van der Waals surface area contributed by atoms with Crippen LogP contribution in [0.2, 0.25) is 0 Å². The van der Waals surface area contributed by atoms with Gasteiger partial charge in [0, 0.05) is 18.7 Å². The second kappa shape index (κ2) is 6.55. The Labute approximate surface area is 146 Å². The normalized spacial score (nSPS) is 23.7. The van der Waals surface area contributed by atoms with Crippen molar-refractivity contribution in [2.75, 3.05) is 13.2 Å². The third-order valence-electron chi connectivity index (χ3n) is 4.88. The first kappa shape index (κ1) is 16.2. The van der Waals surface area contributed by atoms with Crippen LogP contribution in [0.15, 0.2) is 22.9 Å². The maximum atomic E-state index is 13.2. The van der Waals surface area contributed by atoms with Crippen LogP contribution < -0.4 is 0 Å². The lowest BCUT2D eigenvalue weighted by Gasteiger charge is -2.37. The molecule has 0 N–H and O–H groups in total. The van der Waals surface area contributed by atoms with Gasteiger partial charge in [0.1, 0.15) is 11.7 Å². The molecule has 1 saturated heterocycles. The lowest BCUT2D eigenvalue weighted by Crippen LogP contribution is -2.47. The summed E-state index contributed by atoms with van der Waals surface area (Å²) in [4.78, 5) is 23.8. The Kier molecular flexibility index (Phi) is 4.25. The standard InChI is InChI=1S/C18H22N4O3/c1-3-12-5-4-8-19-14(12)18(23)22-9-10-24-11(2)15(22)17-20-16(21-25-17)13-6-7-13/h4-5,8,11,13,15H,3,6-7,9-10H2,1-2H3/t11-,15+/m1/s1. The zero-order valence-corrected chi connectivity index (χ0v) is 14.5. The highest BCUT2D eigenvalue weighted by atomic mass is 16.5. The molecule has 132 valence electrons. The largest absolute Gasteiger partial charge is 0.374 e. The second-order valence-electron chi connectivity index (χ2n) is 6.65. The number of hydrogen-bond donors (Lipinski definition) is 0. The quantitative estimate of drug-likeness (QED) is 0.849. The molecule has 2 aliphatic rings. The fourth-order valence-corrected chi connectivity index (χ4v) is 3.31. The summed E-state index contributed by atoms with van der Waals surface area (Å²) < 4.78 is 11.3. The van der Waals surface area contributed by atoms with Crippen molar-refractivity contribution in [3.63, 3.8) is 0 Å². The van der Waals surface area contributed by atoms with Crippen molar-refractivity contribution in [3.8, 4) is 0 Å². The molecule has 3 heterocycles. The van der Waals surface area contributed by atoms with Gasteiger partial charge >= 0.3 is 0 Å². The maximum absolute atomic E-state index is 13.2. The highest BCUT2D eigenvalue weighted by molar-refractivity contribution is 5.94. The molecule has 1 amide bonds. The molecule has 0 radical (unpaired) electrons. The molecule has 2 fully saturated rings. The van der Waals surface area contributed by atoms with Crippen molar-refractivity contribution in [2.45, 2.75) is 51.2 Å². The number of hydrogen-bond acceptors (Lipinski definition) is 6. The summed E-state index contributed by atoms with van der Waals surface area (Å²) in [6.07, 6.45) is 4.41. The van der Waals surface area contributed by atoms with Crippen LogP contribution in [0.4, 0.5) is 0 Å². The van der Waals surface area contributed by atoms with Gasteiger partial charge in [-0.05, 0) is 37.8 Å². The molecule has 25 heavy (non-hydrogen) atoms. The molecule has 0 aromatic carbocycles. The SMILES string of the molecule is CCc1cccnc1C(=O)N1CCO[C@H](C)[C@H]1c1nc(C2CC2)no1. The zero-order chi connectivity index (χ0) is 17.4. The van der Waals surface area contributed by atoms with E-state index in [1.165, 1.54) is 0 Å². The first-order valence-corrected chi connectivity index (χ1v) is 8.89. The highest BCUT2D eigenvalue weighted by Gasteiger charge is 2.40. The smallest absolute Gasteiger partial charge is 0.273 e. The van der Waals surface area contributed by atoms with E-state index in [2.05, 4.69) is 15.1 Å². The molecule has 2 aromatic rings. The molecule has 1 aliphatic carbocycles. The number of aromatic nitrogens is 3. The zero-order valence-electron chi connectivity index (χ0n) is 14.5. The van der Waals surface area contributed by atoms with Crippen molar-refractivity contribution >= 4 is 5.91 Å². The van der Waals surface area contributed by atoms with E-state index in [9.17, 15) is 4.79 Å². The van der Waals surface area contributed by atoms with Gasteiger partial charge in [0.15, 0.2) is 5.82 Å². The van der Waals surface area contributed by atoms with Crippen LogP contribution in [0.5, 0.6) is 0 Å². The Morgan fingerprint density at radius 1 is 1.40 bits per heavy atom. The predicted molar refractivity (Wildman–Crippen MR) is 89.1 cm³/mol. The van der Waals surface area contributed by atoms with Gasteiger partial charge in [0.2, 0.25) is 0 Å². The number of carbonyl (C=O) groups excluding carboxylic acids is 1. The minimum absolute atomic E-state index is 0.108. The number of carbonyl (C=O) groups is 1. The molecule has 2 aromatic heterocycles. The third-order valence-corrected chi connectivity index (χ3v) is 4.88. The molecule has 2 atom stereocenters. The van der Waals surface area contributed by atoms with Gasteiger partial charge < -0.3 is 14.2 Å². The molecule has 0 spiro atoms. The van der Waals surface area contributed by atoms with Crippen LogP contribution in [0.3, 0.4) is 0 Å². The topological polar surface area (TPSA) is 81.4 Å². The van der Waals surface area contributed by atoms with Crippen LogP contribution >= 0.6 is 0 Å². The van der Waals surface area contributed by atoms with Crippen molar-refractivity contribution in [1.29, 1.82) is 0 Å². The number of nitrogens with zero attached hydrogens (tertiary/aromatic N) is 4. The molecule has 1 saturated carbocycles. The fraction of sp³-hybridized carbons (Fsp3) is 0.556. The first-order chi connectivity index (χ1) is 12.2. The maximum Gasteiger partial charge on any atom is 0.273 e. The van der Waals surface area contributed by atoms with Crippen LogP contribution in [0.1, 0.15) is 66.4 Å². The molecular formula is C18H22N4O3. The Bertz CT molecular complexity index is 771. The minimum atomic E-state index is -0.382. The van der Waals surface area contributed by atoms with Crippen LogP contribution in [-0.4, -0.2) is 45.2 Å². The van der Waals surface area contributed by atoms with Gasteiger partial charge in [-0.15, -0.1) is 0 Å². The van der Waals surface area contributed by atoms with E-state index < -0.39 is 0 Å². The monoisotopic (exact) mass is 342 g/mol. The molecular weight excluding hydrogens is 320 g/mol. The number of morpholine rings is 1. The first-order valence-electron chi connectivity index (χ1n) is 8.89. The van der Waals surface area contributed by atoms with Crippen molar-refractivity contribution in [3.05, 3.63) is 41.3 Å². The summed E-state index contributed by atoms with van der Waals surface area (Å²) in [5.41, 5.74) is 1.43. The molecule has 4 rings (SSSR count). The summed E-state index contributed by atoms with van der Waals surface area (Å²) in [5.74, 6) is 1.50. The van der Waals surface area contributed by atoms with E-state index in [0.29, 0.717) is 30.7 Å². The summed E-state index contributed by atoms with van der Waals surface area (Å²) in [5, 5.41) is 4.09. The number of rotatable bonds is 4. The number of aryl methyl sites for hydroxylation is 1. The van der Waals surface area contributed by atoms with Gasteiger partial charge in [-0.1, -0.05) is 18.1 Å². The van der Waals surface area contributed by atoms with Crippen molar-refractivity contribution < 1.29 is 14.1 Å². The molecule has 0 bridgehead atoms. The molecule has 7 nitrogen and oxygen atoms in total. The predicted octanol–water partition coefficient (Wildman–Crippen LogP) is 2.51. The van der Waals surface area contributed by atoms with Crippen LogP contribution in [-0.2, 0) is 11.2 Å². The molecule has 0 unspecified atom stereocenters. The number of pyridine rings is 1. The van der Waals surface area contributed by atoms with Gasteiger partial charge in [0.25, 0.3) is 11.8 Å². The highest BCUT2D eigenvalue weighted by Crippen LogP contribution is 2.39. The summed E-state index contributed by atoms with van der Waals surface area (Å²) in [6.45, 7) is 4.92. The minimum Gasteiger partial charge on any atom is -0.374 e. The van der Waals surface area contributed by atoms with E-state index in [4.69, 9.17) is 9.26 Å². The van der Waals surface area contributed by atoms with Crippen LogP contribution in [0, 0.1) is 0 Å². The Morgan fingerprint density at radius 3 is 3.00 bits per heavy atom. The van der Waals surface area contributed by atoms with E-state index >= 15 is 0 Å². The second-order valence-corrected chi connectivity index (χ2v) is 6.65. The van der Waals surface area contributed by atoms with Gasteiger partial charge in [0.05, 0.1) is 12.7 Å². The Hall–Kier alpha value is -2.28. The summed E-state index contributed by atoms with van der Waals surface area (Å²) in [7, 11) is 0. The number of amides is 1. The van der Waals surface area contributed by atoms with E-state index in [1.807, 2.05) is 26.0 Å². The molecule has 7 heteroatoms. The van der Waals surface area contributed by atoms with Crippen molar-refractivity contribution in [2.24, 2.45) is 0 Å². The third kappa shape index (κ3) is 3.04. The Balaban J connectivity index is 1.66. The lowest BCUT2D eigenvalue weighted by molar-refractivity contribution is -0.0602. The summed E-state index contributed by atoms with van der Waals surface area (Å²) >= 11 is 0. The van der Waals surface area contributed by atoms with Crippen molar-refractivity contribution in [1.82, 2.24) is 20.0 Å². The Morgan fingerprint density at radius 2 is 2.24 bits per heavy atom. The fourth-order valence-electron chi connectivity index (χ4n) is 3.31.